The van der Waals surface area contributed by atoms with E-state index in [0.29, 0.717) is 24.1 Å². The van der Waals surface area contributed by atoms with Crippen molar-refractivity contribution in [1.29, 1.82) is 0 Å². The number of non-ortho nitro benzene ring substituents is 1. The number of quaternary nitrogens is 1. The highest BCUT2D eigenvalue weighted by molar-refractivity contribution is 8.00. The van der Waals surface area contributed by atoms with Gasteiger partial charge in [-0.1, -0.05) is 11.2 Å². The maximum Gasteiger partial charge on any atom is 0.355 e. The number of hydrogen-bond acceptors (Lipinski definition) is 13. The number of nitro benzene ring substituents is 1. The molecule has 4 N–H and O–H groups in total. The second-order valence-corrected chi connectivity index (χ2v) is 13.2. The lowest BCUT2D eigenvalue weighted by Gasteiger charge is -2.49. The number of nitro groups is 1. The average Bonchev–Trinajstić information content (AvgIpc) is 3.49. The second kappa shape index (κ2) is 15.8. The fraction of sp³-hybridized carbons (Fsp3) is 0.345. The third kappa shape index (κ3) is 9.24. The molecular weight excluding hydrogens is 687 g/mol. The Hall–Kier alpha value is -5.21. The quantitative estimate of drug-likeness (QED) is 0.0425. The molecule has 2 aliphatic heterocycles. The van der Waals surface area contributed by atoms with E-state index >= 15 is 0 Å². The zero-order chi connectivity index (χ0) is 35.9. The lowest BCUT2D eigenvalue weighted by Crippen LogP contribution is -2.71. The molecular formula is C29H32FN8O9S2+. The molecule has 2 aromatic rings. The van der Waals surface area contributed by atoms with E-state index < -0.39 is 52.1 Å². The summed E-state index contributed by atoms with van der Waals surface area (Å²) in [5.74, 6) is -2.69. The van der Waals surface area contributed by atoms with Gasteiger partial charge in [0.2, 0.25) is 6.41 Å². The Morgan fingerprint density at radius 2 is 2.02 bits per heavy atom. The number of nitrogens with one attached hydrogen (secondary N) is 2. The lowest BCUT2D eigenvalue weighted by atomic mass is 10.0. The number of esters is 1. The zero-order valence-corrected chi connectivity index (χ0v) is 28.0. The van der Waals surface area contributed by atoms with Crippen LogP contribution >= 0.6 is 23.1 Å². The highest BCUT2D eigenvalue weighted by atomic mass is 32.2. The Kier molecular flexibility index (Phi) is 11.8. The number of halogens is 1. The van der Waals surface area contributed by atoms with Crippen molar-refractivity contribution in [2.24, 2.45) is 10.9 Å². The highest BCUT2D eigenvalue weighted by Crippen LogP contribution is 2.41. The number of β-lactam (4-membered cyclic amide) rings is 1. The lowest BCUT2D eigenvalue weighted by molar-refractivity contribution is -0.876. The number of oxime groups is 1. The fourth-order valence-corrected chi connectivity index (χ4v) is 6.67. The maximum atomic E-state index is 13.6. The van der Waals surface area contributed by atoms with Gasteiger partial charge in [-0.25, -0.2) is 9.78 Å². The van der Waals surface area contributed by atoms with Crippen molar-refractivity contribution in [3.05, 3.63) is 74.4 Å². The highest BCUT2D eigenvalue weighted by Gasteiger charge is 2.54. The number of likely N-dealkylation sites (N-methyl/N-ethyl adjacent to an activating group) is 1. The molecule has 20 heteroatoms. The third-order valence-electron chi connectivity index (χ3n) is 6.93. The van der Waals surface area contributed by atoms with E-state index in [2.05, 4.69) is 25.6 Å². The largest absolute Gasteiger partial charge is 0.456 e. The number of benzene rings is 1. The Morgan fingerprint density at radius 3 is 2.65 bits per heavy atom. The van der Waals surface area contributed by atoms with Crippen LogP contribution in [-0.2, 0) is 40.2 Å². The molecule has 1 saturated heterocycles. The summed E-state index contributed by atoms with van der Waals surface area (Å²) in [6.07, 6.45) is 1.90. The van der Waals surface area contributed by atoms with Gasteiger partial charge < -0.3 is 30.4 Å². The van der Waals surface area contributed by atoms with Crippen molar-refractivity contribution >= 4 is 69.7 Å². The van der Waals surface area contributed by atoms with Crippen LogP contribution < -0.4 is 16.4 Å². The standard InChI is InChI=1S/C29H31FN8O9S2/c1-16(30)47-35-22(20-14-49-29(33-20)32-15-39)25(41)34-23-26(42)36-24(28(43)46-12-17-6-8-19(9-7-17)37(44)45)18(13-48-27(23)36)5-4-10-38(2,3)11-21(31)40/h4-9,14-16,23,27H,10-13H2,1-3H3,(H3-,31,32,33,34,39,40,41)/p+1/b5-4+,35-22-/t16?,23-,27+/m1/s1. The number of rotatable bonds is 16. The van der Waals surface area contributed by atoms with Gasteiger partial charge in [-0.2, -0.15) is 4.39 Å². The molecule has 4 amide bonds. The molecule has 49 heavy (non-hydrogen) atoms. The van der Waals surface area contributed by atoms with E-state index in [0.717, 1.165) is 18.3 Å². The summed E-state index contributed by atoms with van der Waals surface area (Å²) in [5.41, 5.74) is 5.55. The van der Waals surface area contributed by atoms with Gasteiger partial charge in [0.15, 0.2) is 17.4 Å². The van der Waals surface area contributed by atoms with Crippen LogP contribution in [0.5, 0.6) is 0 Å². The van der Waals surface area contributed by atoms with Crippen LogP contribution in [0.2, 0.25) is 0 Å². The first kappa shape index (κ1) is 36.6. The topological polar surface area (TPSA) is 226 Å². The molecule has 0 bridgehead atoms. The smallest absolute Gasteiger partial charge is 0.355 e. The van der Waals surface area contributed by atoms with E-state index in [1.54, 1.807) is 26.2 Å². The number of nitrogens with two attached hydrogens (primary N) is 1. The average molecular weight is 720 g/mol. The van der Waals surface area contributed by atoms with Crippen molar-refractivity contribution in [3.8, 4) is 0 Å². The number of carbonyl (C=O) groups excluding carboxylic acids is 5. The summed E-state index contributed by atoms with van der Waals surface area (Å²) in [5, 5.41) is 20.2. The first-order valence-corrected chi connectivity index (χ1v) is 16.3. The number of ether oxygens (including phenoxy) is 1. The van der Waals surface area contributed by atoms with Crippen LogP contribution in [0.3, 0.4) is 0 Å². The van der Waals surface area contributed by atoms with Crippen molar-refractivity contribution in [2.45, 2.75) is 31.3 Å². The van der Waals surface area contributed by atoms with Gasteiger partial charge in [0.05, 0.1) is 25.6 Å². The van der Waals surface area contributed by atoms with Gasteiger partial charge in [-0.3, -0.25) is 34.2 Å². The van der Waals surface area contributed by atoms with Crippen LogP contribution in [0.25, 0.3) is 0 Å². The number of allylic oxidation sites excluding steroid dienone is 1. The minimum Gasteiger partial charge on any atom is -0.456 e. The monoisotopic (exact) mass is 719 g/mol. The van der Waals surface area contributed by atoms with Gasteiger partial charge >= 0.3 is 5.97 Å². The van der Waals surface area contributed by atoms with E-state index in [-0.39, 0.29) is 45.6 Å². The summed E-state index contributed by atoms with van der Waals surface area (Å²) in [7, 11) is 3.59. The number of amides is 4. The summed E-state index contributed by atoms with van der Waals surface area (Å²) in [4.78, 5) is 83.0. The van der Waals surface area contributed by atoms with Crippen LogP contribution in [0.15, 0.2) is 58.2 Å². The van der Waals surface area contributed by atoms with Gasteiger partial charge in [0, 0.05) is 30.2 Å². The molecule has 1 unspecified atom stereocenters. The van der Waals surface area contributed by atoms with Crippen molar-refractivity contribution < 1.29 is 47.3 Å². The number of alkyl halides is 1. The minimum atomic E-state index is -1.87. The Morgan fingerprint density at radius 1 is 1.31 bits per heavy atom. The maximum absolute atomic E-state index is 13.6. The Bertz CT molecular complexity index is 1730. The molecule has 1 aromatic carbocycles. The van der Waals surface area contributed by atoms with Crippen LogP contribution in [0.4, 0.5) is 15.2 Å². The molecule has 17 nitrogen and oxygen atoms in total. The van der Waals surface area contributed by atoms with Gasteiger partial charge in [-0.05, 0) is 29.3 Å². The van der Waals surface area contributed by atoms with E-state index in [1.807, 2.05) is 0 Å². The number of anilines is 1. The number of thiazole rings is 1. The van der Waals surface area contributed by atoms with E-state index in [1.165, 1.54) is 46.3 Å². The van der Waals surface area contributed by atoms with Crippen molar-refractivity contribution in [3.63, 3.8) is 0 Å². The molecule has 0 saturated carbocycles. The van der Waals surface area contributed by atoms with E-state index in [9.17, 15) is 38.5 Å². The summed E-state index contributed by atoms with van der Waals surface area (Å²) in [6.45, 7) is 1.22. The minimum absolute atomic E-state index is 0.0482. The molecule has 2 aliphatic rings. The molecule has 4 rings (SSSR count). The summed E-state index contributed by atoms with van der Waals surface area (Å²) < 4.78 is 19.2. The first-order valence-electron chi connectivity index (χ1n) is 14.4. The zero-order valence-electron chi connectivity index (χ0n) is 26.4. The molecule has 3 heterocycles. The molecule has 1 aromatic heterocycles. The number of primary amides is 1. The molecule has 260 valence electrons. The predicted octanol–water partition coefficient (Wildman–Crippen LogP) is 1.17. The molecule has 3 atom stereocenters. The fourth-order valence-electron chi connectivity index (χ4n) is 4.70. The Balaban J connectivity index is 1.57. The normalized spacial score (nSPS) is 18.3. The van der Waals surface area contributed by atoms with Gasteiger partial charge in [-0.15, -0.1) is 23.1 Å². The van der Waals surface area contributed by atoms with Crippen molar-refractivity contribution in [2.75, 3.05) is 38.3 Å². The third-order valence-corrected chi connectivity index (χ3v) is 9.01. The van der Waals surface area contributed by atoms with Crippen LogP contribution in [-0.4, -0.2) is 106 Å². The number of hydrogen-bond donors (Lipinski definition) is 3. The van der Waals surface area contributed by atoms with Crippen LogP contribution in [0.1, 0.15) is 18.2 Å². The number of thioether (sulfide) groups is 1. The van der Waals surface area contributed by atoms with Crippen molar-refractivity contribution in [1.82, 2.24) is 15.2 Å². The molecule has 0 aliphatic carbocycles. The predicted molar refractivity (Wildman–Crippen MR) is 175 cm³/mol. The second-order valence-electron chi connectivity index (χ2n) is 11.3. The summed E-state index contributed by atoms with van der Waals surface area (Å²) >= 11 is 2.23. The number of carbonyl (C=O) groups is 5. The SMILES string of the molecule is CC(F)O/N=C(\C(=O)N[C@@H]1C(=O)N2C(C(=O)OCc3ccc([N+](=O)[O-])cc3)=C(/C=C/C[N+](C)(C)CC(N)=O)CS[C@@H]12)c1csc(NC=O)n1. The van der Waals surface area contributed by atoms with Crippen LogP contribution in [0, 0.1) is 10.1 Å². The molecule has 0 spiro atoms. The molecule has 0 radical (unpaired) electrons. The Labute approximate surface area is 286 Å². The first-order chi connectivity index (χ1) is 23.2. The van der Waals surface area contributed by atoms with Gasteiger partial charge in [0.1, 0.15) is 29.4 Å². The molecule has 1 fully saturated rings. The number of fused-ring (bicyclic) bond motifs is 1. The van der Waals surface area contributed by atoms with Gasteiger partial charge in [0.25, 0.3) is 29.8 Å². The number of nitrogens with zero attached hydrogens (tertiary/aromatic N) is 5. The summed E-state index contributed by atoms with van der Waals surface area (Å²) in [6, 6.07) is 4.28. The number of aromatic nitrogens is 1. The van der Waals surface area contributed by atoms with E-state index in [4.69, 9.17) is 10.5 Å².